The number of nitrogens with one attached hydrogen (secondary N) is 1. The van der Waals surface area contributed by atoms with E-state index in [1.54, 1.807) is 0 Å². The van der Waals surface area contributed by atoms with Gasteiger partial charge in [-0.15, -0.1) is 0 Å². The van der Waals surface area contributed by atoms with Crippen molar-refractivity contribution in [3.63, 3.8) is 0 Å². The van der Waals surface area contributed by atoms with Gasteiger partial charge in [-0.05, 0) is 49.9 Å². The number of amides is 2. The van der Waals surface area contributed by atoms with Crippen LogP contribution < -0.4 is 10.2 Å². The summed E-state index contributed by atoms with van der Waals surface area (Å²) in [6, 6.07) is 7.76. The normalized spacial score (nSPS) is 14.1. The van der Waals surface area contributed by atoms with Crippen molar-refractivity contribution in [3.05, 3.63) is 29.8 Å². The quantitative estimate of drug-likeness (QED) is 0.755. The third kappa shape index (κ3) is 5.91. The van der Waals surface area contributed by atoms with Crippen molar-refractivity contribution >= 4 is 17.5 Å². The first-order chi connectivity index (χ1) is 12.7. The molecule has 1 heterocycles. The highest BCUT2D eigenvalue weighted by atomic mass is 16.2. The Balaban J connectivity index is 1.86. The third-order valence-electron chi connectivity index (χ3n) is 4.73. The molecule has 1 aromatic rings. The molecular weight excluding hydrogens is 324 g/mol. The van der Waals surface area contributed by atoms with E-state index in [2.05, 4.69) is 31.0 Å². The highest BCUT2D eigenvalue weighted by Crippen LogP contribution is 2.21. The Labute approximate surface area is 157 Å². The van der Waals surface area contributed by atoms with Gasteiger partial charge < -0.3 is 10.2 Å². The maximum Gasteiger partial charge on any atom is 0.226 e. The summed E-state index contributed by atoms with van der Waals surface area (Å²) in [5, 5.41) is 2.93. The smallest absolute Gasteiger partial charge is 0.226 e. The maximum absolute atomic E-state index is 12.2. The van der Waals surface area contributed by atoms with Crippen molar-refractivity contribution < 1.29 is 9.59 Å². The number of benzene rings is 1. The molecule has 1 aliphatic heterocycles. The van der Waals surface area contributed by atoms with Crippen LogP contribution in [-0.2, 0) is 9.59 Å². The van der Waals surface area contributed by atoms with Crippen LogP contribution in [0.25, 0.3) is 0 Å². The van der Waals surface area contributed by atoms with Gasteiger partial charge in [0, 0.05) is 30.1 Å². The standard InChI is InChI=1S/C22H30N2O2/c1-3-8-19(9-4-2)22(26)23-16-7-10-18-12-14-20(15-13-18)24-17-6-5-11-21(24)25/h12-15,19H,3-6,8-9,11,16-17H2,1-2H3,(H,23,26). The Morgan fingerprint density at radius 1 is 1.15 bits per heavy atom. The summed E-state index contributed by atoms with van der Waals surface area (Å²) >= 11 is 0. The molecule has 2 rings (SSSR count). The number of carbonyl (C=O) groups is 2. The molecule has 4 nitrogen and oxygen atoms in total. The first-order valence-electron chi connectivity index (χ1n) is 9.82. The zero-order chi connectivity index (χ0) is 18.8. The zero-order valence-corrected chi connectivity index (χ0v) is 16.0. The van der Waals surface area contributed by atoms with Crippen LogP contribution in [0.2, 0.25) is 0 Å². The predicted octanol–water partition coefficient (Wildman–Crippen LogP) is 3.89. The van der Waals surface area contributed by atoms with Gasteiger partial charge in [-0.1, -0.05) is 38.5 Å². The summed E-state index contributed by atoms with van der Waals surface area (Å²) in [5.74, 6) is 6.51. The maximum atomic E-state index is 12.2. The van der Waals surface area contributed by atoms with Gasteiger partial charge in [0.1, 0.15) is 0 Å². The molecule has 1 fully saturated rings. The van der Waals surface area contributed by atoms with E-state index in [4.69, 9.17) is 0 Å². The Bertz CT molecular complexity index is 649. The molecule has 1 saturated heterocycles. The Kier molecular flexibility index (Phi) is 8.21. The first kappa shape index (κ1) is 20.0. The molecule has 1 aliphatic rings. The fourth-order valence-corrected chi connectivity index (χ4v) is 3.33. The molecule has 140 valence electrons. The third-order valence-corrected chi connectivity index (χ3v) is 4.73. The van der Waals surface area contributed by atoms with Gasteiger partial charge in [-0.3, -0.25) is 9.59 Å². The molecule has 1 N–H and O–H groups in total. The van der Waals surface area contributed by atoms with Crippen molar-refractivity contribution in [1.82, 2.24) is 5.32 Å². The molecule has 1 aromatic carbocycles. The molecular formula is C22H30N2O2. The van der Waals surface area contributed by atoms with Crippen LogP contribution in [0, 0.1) is 17.8 Å². The summed E-state index contributed by atoms with van der Waals surface area (Å²) in [7, 11) is 0. The number of piperidine rings is 1. The molecule has 0 unspecified atom stereocenters. The number of hydrogen-bond donors (Lipinski definition) is 1. The van der Waals surface area contributed by atoms with E-state index in [-0.39, 0.29) is 17.7 Å². The predicted molar refractivity (Wildman–Crippen MR) is 106 cm³/mol. The molecule has 0 aliphatic carbocycles. The minimum atomic E-state index is 0.105. The van der Waals surface area contributed by atoms with E-state index in [0.29, 0.717) is 13.0 Å². The second kappa shape index (κ2) is 10.7. The van der Waals surface area contributed by atoms with Gasteiger partial charge in [0.05, 0.1) is 6.54 Å². The van der Waals surface area contributed by atoms with Gasteiger partial charge in [-0.25, -0.2) is 0 Å². The molecule has 0 atom stereocenters. The van der Waals surface area contributed by atoms with Crippen LogP contribution in [0.1, 0.15) is 64.4 Å². The van der Waals surface area contributed by atoms with Crippen LogP contribution >= 0.6 is 0 Å². The average Bonchev–Trinajstić information content (AvgIpc) is 2.66. The summed E-state index contributed by atoms with van der Waals surface area (Å²) in [4.78, 5) is 26.0. The minimum absolute atomic E-state index is 0.105. The monoisotopic (exact) mass is 354 g/mol. The second-order valence-electron chi connectivity index (χ2n) is 6.84. The molecule has 2 amide bonds. The molecule has 0 saturated carbocycles. The van der Waals surface area contributed by atoms with Crippen LogP contribution in [0.5, 0.6) is 0 Å². The number of nitrogens with zero attached hydrogens (tertiary/aromatic N) is 1. The van der Waals surface area contributed by atoms with Crippen molar-refractivity contribution in [2.45, 2.75) is 58.8 Å². The average molecular weight is 354 g/mol. The van der Waals surface area contributed by atoms with E-state index >= 15 is 0 Å². The van der Waals surface area contributed by atoms with Gasteiger partial charge in [0.25, 0.3) is 0 Å². The minimum Gasteiger partial charge on any atom is -0.345 e. The van der Waals surface area contributed by atoms with Gasteiger partial charge in [0.15, 0.2) is 0 Å². The fraction of sp³-hybridized carbons (Fsp3) is 0.545. The highest BCUT2D eigenvalue weighted by molar-refractivity contribution is 5.94. The van der Waals surface area contributed by atoms with Gasteiger partial charge in [-0.2, -0.15) is 0 Å². The summed E-state index contributed by atoms with van der Waals surface area (Å²) in [5.41, 5.74) is 1.83. The van der Waals surface area contributed by atoms with Crippen LogP contribution in [0.3, 0.4) is 0 Å². The lowest BCUT2D eigenvalue weighted by Gasteiger charge is -2.26. The van der Waals surface area contributed by atoms with Crippen molar-refractivity contribution in [1.29, 1.82) is 0 Å². The van der Waals surface area contributed by atoms with E-state index in [9.17, 15) is 9.59 Å². The molecule has 0 bridgehead atoms. The molecule has 0 aromatic heterocycles. The van der Waals surface area contributed by atoms with Gasteiger partial charge >= 0.3 is 0 Å². The first-order valence-corrected chi connectivity index (χ1v) is 9.82. The largest absolute Gasteiger partial charge is 0.345 e. The van der Waals surface area contributed by atoms with E-state index in [0.717, 1.165) is 56.3 Å². The lowest BCUT2D eigenvalue weighted by molar-refractivity contribution is -0.125. The van der Waals surface area contributed by atoms with Crippen LogP contribution in [-0.4, -0.2) is 24.9 Å². The zero-order valence-electron chi connectivity index (χ0n) is 16.0. The lowest BCUT2D eigenvalue weighted by atomic mass is 9.97. The molecule has 4 heteroatoms. The van der Waals surface area contributed by atoms with Crippen molar-refractivity contribution in [3.8, 4) is 11.8 Å². The molecule has 0 radical (unpaired) electrons. The fourth-order valence-electron chi connectivity index (χ4n) is 3.33. The van der Waals surface area contributed by atoms with E-state index < -0.39 is 0 Å². The molecule has 0 spiro atoms. The summed E-state index contributed by atoms with van der Waals surface area (Å²) in [6.45, 7) is 5.38. The molecule has 26 heavy (non-hydrogen) atoms. The number of rotatable bonds is 7. The van der Waals surface area contributed by atoms with E-state index in [1.165, 1.54) is 0 Å². The van der Waals surface area contributed by atoms with Crippen LogP contribution in [0.4, 0.5) is 5.69 Å². The van der Waals surface area contributed by atoms with Crippen LogP contribution in [0.15, 0.2) is 24.3 Å². The Hall–Kier alpha value is -2.28. The van der Waals surface area contributed by atoms with Crippen molar-refractivity contribution in [2.24, 2.45) is 5.92 Å². The second-order valence-corrected chi connectivity index (χ2v) is 6.84. The Morgan fingerprint density at radius 3 is 2.46 bits per heavy atom. The SMILES string of the molecule is CCCC(CCC)C(=O)NCC#Cc1ccc(N2CCCCC2=O)cc1. The summed E-state index contributed by atoms with van der Waals surface area (Å²) in [6.07, 6.45) is 6.60. The Morgan fingerprint density at radius 2 is 1.85 bits per heavy atom. The number of hydrogen-bond acceptors (Lipinski definition) is 2. The topological polar surface area (TPSA) is 49.4 Å². The number of anilines is 1. The summed E-state index contributed by atoms with van der Waals surface area (Å²) < 4.78 is 0. The van der Waals surface area contributed by atoms with Gasteiger partial charge in [0.2, 0.25) is 11.8 Å². The number of carbonyl (C=O) groups excluding carboxylic acids is 2. The highest BCUT2D eigenvalue weighted by Gasteiger charge is 2.19. The van der Waals surface area contributed by atoms with Crippen molar-refractivity contribution in [2.75, 3.05) is 18.0 Å². The lowest BCUT2D eigenvalue weighted by Crippen LogP contribution is -2.35. The van der Waals surface area contributed by atoms with E-state index in [1.807, 2.05) is 29.2 Å².